The summed E-state index contributed by atoms with van der Waals surface area (Å²) in [6, 6.07) is -0.0350. The van der Waals surface area contributed by atoms with Crippen molar-refractivity contribution in [2.24, 2.45) is 0 Å². The van der Waals surface area contributed by atoms with Crippen molar-refractivity contribution in [3.05, 3.63) is 28.8 Å². The Kier molecular flexibility index (Phi) is 4.12. The van der Waals surface area contributed by atoms with E-state index in [0.29, 0.717) is 6.08 Å². The number of ether oxygens (including phenoxy) is 2. The molecule has 12 heteroatoms. The van der Waals surface area contributed by atoms with Crippen LogP contribution in [0.15, 0.2) is 22.6 Å². The van der Waals surface area contributed by atoms with Crippen molar-refractivity contribution in [1.29, 1.82) is 0 Å². The van der Waals surface area contributed by atoms with Crippen LogP contribution in [0.2, 0.25) is 0 Å². The quantitative estimate of drug-likeness (QED) is 0.457. The largest absolute Gasteiger partial charge is 0.475 e. The molecule has 0 unspecified atom stereocenters. The highest BCUT2D eigenvalue weighted by Gasteiger charge is 2.65. The predicted octanol–water partition coefficient (Wildman–Crippen LogP) is 5.92. The highest BCUT2D eigenvalue weighted by Crippen LogP contribution is 3.02. The highest BCUT2D eigenvalue weighted by atomic mass is 32.5. The number of aryl methyl sites for hydroxylation is 1. The lowest BCUT2D eigenvalue weighted by atomic mass is 9.99. The zero-order chi connectivity index (χ0) is 20.2. The Morgan fingerprint density at radius 1 is 1.19 bits per heavy atom. The molecule has 0 aliphatic carbocycles. The van der Waals surface area contributed by atoms with Crippen LogP contribution in [0.4, 0.5) is 32.6 Å². The van der Waals surface area contributed by atoms with E-state index in [9.17, 15) is 37.4 Å². The third-order valence-electron chi connectivity index (χ3n) is 3.36. The van der Waals surface area contributed by atoms with E-state index in [4.69, 9.17) is 0 Å². The van der Waals surface area contributed by atoms with E-state index >= 15 is 0 Å². The smallest absolute Gasteiger partial charge is 0.430 e. The maximum absolute atomic E-state index is 13.1. The summed E-state index contributed by atoms with van der Waals surface area (Å²) in [6.45, 7) is 1.88. The van der Waals surface area contributed by atoms with Crippen molar-refractivity contribution in [1.82, 2.24) is 0 Å². The fraction of sp³-hybridized carbons (Fsp3) is 0.357. The molecule has 1 aliphatic heterocycles. The first-order chi connectivity index (χ1) is 11.4. The first-order valence-corrected chi connectivity index (χ1v) is 8.90. The van der Waals surface area contributed by atoms with Crippen LogP contribution < -0.4 is 4.74 Å². The summed E-state index contributed by atoms with van der Waals surface area (Å²) in [5.41, 5.74) is -2.44. The van der Waals surface area contributed by atoms with Crippen molar-refractivity contribution in [3.63, 3.8) is 0 Å². The van der Waals surface area contributed by atoms with E-state index < -0.39 is 55.8 Å². The molecule has 1 aromatic carbocycles. The molecule has 0 N–H and O–H groups in total. The number of hydrogen-bond donors (Lipinski definition) is 0. The summed E-state index contributed by atoms with van der Waals surface area (Å²) in [4.78, 5) is 9.43. The summed E-state index contributed by atoms with van der Waals surface area (Å²) in [5, 5.41) is 0. The molecular formula is C14H12F8O3S. The number of benzene rings is 1. The minimum Gasteiger partial charge on any atom is -0.475 e. The van der Waals surface area contributed by atoms with Crippen LogP contribution in [-0.4, -0.2) is 24.9 Å². The maximum Gasteiger partial charge on any atom is 0.430 e. The van der Waals surface area contributed by atoms with Gasteiger partial charge < -0.3 is 9.47 Å². The van der Waals surface area contributed by atoms with Gasteiger partial charge in [0, 0.05) is 5.56 Å². The molecule has 26 heavy (non-hydrogen) atoms. The van der Waals surface area contributed by atoms with E-state index in [-0.39, 0.29) is 18.7 Å². The van der Waals surface area contributed by atoms with Crippen molar-refractivity contribution < 1.29 is 46.9 Å². The van der Waals surface area contributed by atoms with Crippen LogP contribution in [-0.2, 0) is 9.53 Å². The SMILES string of the molecule is CCOC(=O)C1=Cc2cc(S(F)(F)(F)(F)F)cc(C)c2O[C@@H]1C(F)(F)F. The van der Waals surface area contributed by atoms with Gasteiger partial charge in [0.2, 0.25) is 6.10 Å². The minimum atomic E-state index is -10.1. The summed E-state index contributed by atoms with van der Waals surface area (Å²) >= 11 is 0. The molecule has 0 radical (unpaired) electrons. The average Bonchev–Trinajstić information content (AvgIpc) is 2.42. The molecule has 1 heterocycles. The molecule has 148 valence electrons. The topological polar surface area (TPSA) is 35.5 Å². The van der Waals surface area contributed by atoms with Gasteiger partial charge in [0.15, 0.2) is 0 Å². The Labute approximate surface area is 142 Å². The maximum atomic E-state index is 13.1. The minimum absolute atomic E-state index is 0.0109. The fourth-order valence-corrected chi connectivity index (χ4v) is 3.06. The average molecular weight is 412 g/mol. The lowest BCUT2D eigenvalue weighted by Gasteiger charge is -2.41. The van der Waals surface area contributed by atoms with Gasteiger partial charge in [0.05, 0.1) is 12.2 Å². The zero-order valence-electron chi connectivity index (χ0n) is 13.2. The third-order valence-corrected chi connectivity index (χ3v) is 4.49. The van der Waals surface area contributed by atoms with Crippen molar-refractivity contribution in [2.75, 3.05) is 6.61 Å². The van der Waals surface area contributed by atoms with Gasteiger partial charge in [-0.15, -0.1) is 0 Å². The number of carbonyl (C=O) groups excluding carboxylic acids is 1. The van der Waals surface area contributed by atoms with E-state index in [1.165, 1.54) is 6.92 Å². The first kappa shape index (κ1) is 20.3. The molecule has 2 rings (SSSR count). The van der Waals surface area contributed by atoms with Crippen LogP contribution >= 0.6 is 10.2 Å². The molecule has 1 aliphatic rings. The van der Waals surface area contributed by atoms with Gasteiger partial charge in [-0.1, -0.05) is 19.4 Å². The van der Waals surface area contributed by atoms with Crippen molar-refractivity contribution >= 4 is 22.3 Å². The first-order valence-electron chi connectivity index (χ1n) is 6.95. The summed E-state index contributed by atoms with van der Waals surface area (Å²) in [5.74, 6) is -2.15. The Balaban J connectivity index is 2.71. The van der Waals surface area contributed by atoms with Gasteiger partial charge in [-0.3, -0.25) is 0 Å². The Morgan fingerprint density at radius 2 is 1.77 bits per heavy atom. The Morgan fingerprint density at radius 3 is 2.23 bits per heavy atom. The molecular weight excluding hydrogens is 400 g/mol. The molecule has 0 fully saturated rings. The number of halogens is 8. The number of fused-ring (bicyclic) bond motifs is 1. The van der Waals surface area contributed by atoms with E-state index in [1.54, 1.807) is 0 Å². The van der Waals surface area contributed by atoms with Crippen LogP contribution in [0, 0.1) is 6.92 Å². The molecule has 0 spiro atoms. The van der Waals surface area contributed by atoms with E-state index in [1.807, 2.05) is 0 Å². The van der Waals surface area contributed by atoms with Crippen LogP contribution in [0.1, 0.15) is 18.1 Å². The fourth-order valence-electron chi connectivity index (χ4n) is 2.31. The second-order valence-corrected chi connectivity index (χ2v) is 7.90. The van der Waals surface area contributed by atoms with E-state index in [2.05, 4.69) is 9.47 Å². The van der Waals surface area contributed by atoms with Gasteiger partial charge in [-0.05, 0) is 37.6 Å². The number of rotatable bonds is 3. The molecule has 1 aromatic rings. The molecule has 0 saturated heterocycles. The lowest BCUT2D eigenvalue weighted by Crippen LogP contribution is -2.41. The third kappa shape index (κ3) is 4.05. The Bertz CT molecular complexity index is 795. The number of alkyl halides is 3. The molecule has 0 bridgehead atoms. The lowest BCUT2D eigenvalue weighted by molar-refractivity contribution is -0.188. The number of carbonyl (C=O) groups is 1. The van der Waals surface area contributed by atoms with Crippen LogP contribution in [0.3, 0.4) is 0 Å². The second kappa shape index (κ2) is 5.27. The monoisotopic (exact) mass is 412 g/mol. The predicted molar refractivity (Wildman–Crippen MR) is 77.7 cm³/mol. The highest BCUT2D eigenvalue weighted by molar-refractivity contribution is 8.45. The van der Waals surface area contributed by atoms with Crippen LogP contribution in [0.5, 0.6) is 5.75 Å². The van der Waals surface area contributed by atoms with Gasteiger partial charge in [-0.25, -0.2) is 4.79 Å². The standard InChI is InChI=1S/C14H12F8O3S/c1-3-24-13(23)10-6-8-5-9(26(18,19,20,21)22)4-7(2)11(8)25-12(10)14(15,16)17/h4-6,12H,3H2,1-2H3/t12-/m0/s1. The van der Waals surface area contributed by atoms with Gasteiger partial charge in [0.1, 0.15) is 10.6 Å². The van der Waals surface area contributed by atoms with Crippen LogP contribution in [0.25, 0.3) is 6.08 Å². The normalized spacial score (nSPS) is 20.2. The van der Waals surface area contributed by atoms with E-state index in [0.717, 1.165) is 6.92 Å². The molecule has 1 atom stereocenters. The summed E-state index contributed by atoms with van der Waals surface area (Å²) in [7, 11) is -10.1. The van der Waals surface area contributed by atoms with Gasteiger partial charge >= 0.3 is 22.4 Å². The molecule has 0 saturated carbocycles. The second-order valence-electron chi connectivity index (χ2n) is 5.49. The molecule has 0 amide bonds. The molecule has 3 nitrogen and oxygen atoms in total. The van der Waals surface area contributed by atoms with Gasteiger partial charge in [-0.2, -0.15) is 13.2 Å². The van der Waals surface area contributed by atoms with Crippen molar-refractivity contribution in [3.8, 4) is 5.75 Å². The Hall–Kier alpha value is -1.98. The van der Waals surface area contributed by atoms with Gasteiger partial charge in [0.25, 0.3) is 0 Å². The summed E-state index contributed by atoms with van der Waals surface area (Å²) < 4.78 is 114. The zero-order valence-corrected chi connectivity index (χ0v) is 14.0. The summed E-state index contributed by atoms with van der Waals surface area (Å²) in [6.07, 6.45) is -7.45. The number of esters is 1. The number of hydrogen-bond acceptors (Lipinski definition) is 3. The molecule has 0 aromatic heterocycles. The van der Waals surface area contributed by atoms with Crippen molar-refractivity contribution in [2.45, 2.75) is 31.0 Å².